The van der Waals surface area contributed by atoms with E-state index in [9.17, 15) is 9.50 Å². The zero-order valence-electron chi connectivity index (χ0n) is 15.7. The zero-order valence-corrected chi connectivity index (χ0v) is 15.7. The second kappa shape index (κ2) is 6.78. The highest BCUT2D eigenvalue weighted by atomic mass is 19.1. The van der Waals surface area contributed by atoms with E-state index in [1.54, 1.807) is 12.1 Å². The molecule has 3 heterocycles. The number of aliphatic hydroxyl groups is 1. The number of anilines is 1. The van der Waals surface area contributed by atoms with Crippen molar-refractivity contribution < 1.29 is 23.5 Å². The van der Waals surface area contributed by atoms with Gasteiger partial charge >= 0.3 is 0 Å². The number of hydrogen-bond acceptors (Lipinski definition) is 4. The van der Waals surface area contributed by atoms with Gasteiger partial charge in [0, 0.05) is 18.1 Å². The number of hydrogen-bond donors (Lipinski definition) is 1. The molecule has 6 heteroatoms. The second-order valence-corrected chi connectivity index (χ2v) is 7.64. The second-order valence-electron chi connectivity index (χ2n) is 7.64. The number of nitrogens with zero attached hydrogens (tertiary/aromatic N) is 2. The predicted octanol–water partition coefficient (Wildman–Crippen LogP) is 3.25. The van der Waals surface area contributed by atoms with Gasteiger partial charge in [0.25, 0.3) is 11.6 Å². The van der Waals surface area contributed by atoms with E-state index in [1.807, 2.05) is 23.1 Å². The molecule has 1 atom stereocenters. The summed E-state index contributed by atoms with van der Waals surface area (Å²) < 4.78 is 27.2. The summed E-state index contributed by atoms with van der Waals surface area (Å²) >= 11 is 0. The SMILES string of the molecule is O[C@@]1(c2ccc(F)cc2)C[N+]2=C(CCCCC2)N1c1ccc2c(c1)OCCO2. The van der Waals surface area contributed by atoms with E-state index in [4.69, 9.17) is 9.47 Å². The van der Waals surface area contributed by atoms with Gasteiger partial charge in [0.2, 0.25) is 0 Å². The molecule has 2 aromatic rings. The molecule has 3 aliphatic rings. The van der Waals surface area contributed by atoms with Crippen molar-refractivity contribution in [2.75, 3.05) is 31.2 Å². The zero-order chi connectivity index (χ0) is 19.1. The third-order valence-electron chi connectivity index (χ3n) is 5.82. The molecule has 0 amide bonds. The van der Waals surface area contributed by atoms with Crippen LogP contribution in [0, 0.1) is 5.82 Å². The van der Waals surface area contributed by atoms with Gasteiger partial charge in [-0.05, 0) is 55.7 Å². The fraction of sp³-hybridized carbons (Fsp3) is 0.409. The van der Waals surface area contributed by atoms with Gasteiger partial charge in [0.05, 0.1) is 6.54 Å². The Hall–Kier alpha value is -2.60. The van der Waals surface area contributed by atoms with Gasteiger partial charge in [-0.3, -0.25) is 4.58 Å². The topological polar surface area (TPSA) is 44.9 Å². The quantitative estimate of drug-likeness (QED) is 0.809. The van der Waals surface area contributed by atoms with Crippen molar-refractivity contribution in [1.29, 1.82) is 0 Å². The van der Waals surface area contributed by atoms with Crippen LogP contribution in [0.3, 0.4) is 0 Å². The first-order valence-electron chi connectivity index (χ1n) is 9.94. The molecular formula is C22H24FN2O3+. The number of amidine groups is 1. The maximum atomic E-state index is 13.5. The van der Waals surface area contributed by atoms with Crippen molar-refractivity contribution in [2.45, 2.75) is 31.4 Å². The smallest absolute Gasteiger partial charge is 0.275 e. The van der Waals surface area contributed by atoms with Crippen LogP contribution in [0.5, 0.6) is 11.5 Å². The predicted molar refractivity (Wildman–Crippen MR) is 104 cm³/mol. The molecule has 0 saturated carbocycles. The van der Waals surface area contributed by atoms with Crippen molar-refractivity contribution in [1.82, 2.24) is 0 Å². The Labute approximate surface area is 163 Å². The molecule has 5 rings (SSSR count). The van der Waals surface area contributed by atoms with E-state index in [0.29, 0.717) is 31.1 Å². The molecule has 3 aliphatic heterocycles. The Morgan fingerprint density at radius 1 is 0.964 bits per heavy atom. The normalized spacial score (nSPS) is 24.1. The van der Waals surface area contributed by atoms with Crippen molar-refractivity contribution >= 4 is 11.5 Å². The third kappa shape index (κ3) is 2.83. The first-order valence-corrected chi connectivity index (χ1v) is 9.94. The average Bonchev–Trinajstić information content (AvgIpc) is 2.84. The van der Waals surface area contributed by atoms with E-state index in [0.717, 1.165) is 43.1 Å². The van der Waals surface area contributed by atoms with E-state index < -0.39 is 5.72 Å². The standard InChI is InChI=1S/C22H24FN2O3/c23-17-7-5-16(6-8-17)22(26)15-24-11-3-1-2-4-21(24)25(22)18-9-10-19-20(14-18)28-13-12-27-19/h5-10,14,26H,1-4,11-13,15H2/q+1/t22-/m1/s1. The molecule has 0 aliphatic carbocycles. The molecule has 0 saturated heterocycles. The minimum atomic E-state index is -1.26. The molecule has 146 valence electrons. The lowest BCUT2D eigenvalue weighted by atomic mass is 9.99. The summed E-state index contributed by atoms with van der Waals surface area (Å²) in [6, 6.07) is 12.0. The van der Waals surface area contributed by atoms with Gasteiger partial charge in [-0.15, -0.1) is 0 Å². The molecular weight excluding hydrogens is 359 g/mol. The van der Waals surface area contributed by atoms with Crippen LogP contribution in [0.4, 0.5) is 10.1 Å². The molecule has 28 heavy (non-hydrogen) atoms. The monoisotopic (exact) mass is 383 g/mol. The first kappa shape index (κ1) is 17.5. The van der Waals surface area contributed by atoms with Gasteiger partial charge in [-0.1, -0.05) is 0 Å². The van der Waals surface area contributed by atoms with Crippen LogP contribution in [-0.4, -0.2) is 41.8 Å². The van der Waals surface area contributed by atoms with Gasteiger partial charge in [0.1, 0.15) is 24.7 Å². The highest BCUT2D eigenvalue weighted by Crippen LogP contribution is 2.41. The van der Waals surface area contributed by atoms with Crippen LogP contribution in [0.15, 0.2) is 42.5 Å². The molecule has 0 unspecified atom stereocenters. The highest BCUT2D eigenvalue weighted by molar-refractivity contribution is 5.97. The molecule has 1 N–H and O–H groups in total. The van der Waals surface area contributed by atoms with E-state index in [1.165, 1.54) is 18.6 Å². The fourth-order valence-electron chi connectivity index (χ4n) is 4.49. The van der Waals surface area contributed by atoms with Crippen LogP contribution in [-0.2, 0) is 5.72 Å². The lowest BCUT2D eigenvalue weighted by Gasteiger charge is -2.30. The molecule has 0 bridgehead atoms. The van der Waals surface area contributed by atoms with Gasteiger partial charge < -0.3 is 14.6 Å². The largest absolute Gasteiger partial charge is 0.486 e. The molecule has 0 radical (unpaired) electrons. The Morgan fingerprint density at radius 2 is 1.75 bits per heavy atom. The van der Waals surface area contributed by atoms with Gasteiger partial charge in [0.15, 0.2) is 18.0 Å². The van der Waals surface area contributed by atoms with Crippen LogP contribution in [0.25, 0.3) is 0 Å². The van der Waals surface area contributed by atoms with Crippen LogP contribution < -0.4 is 14.4 Å². The van der Waals surface area contributed by atoms with Crippen molar-refractivity contribution in [3.8, 4) is 11.5 Å². The fourth-order valence-corrected chi connectivity index (χ4v) is 4.49. The third-order valence-corrected chi connectivity index (χ3v) is 5.82. The summed E-state index contributed by atoms with van der Waals surface area (Å²) in [5.41, 5.74) is 0.282. The first-order chi connectivity index (χ1) is 13.6. The number of rotatable bonds is 2. The number of benzene rings is 2. The van der Waals surface area contributed by atoms with Crippen molar-refractivity contribution in [2.24, 2.45) is 0 Å². The summed E-state index contributed by atoms with van der Waals surface area (Å²) in [4.78, 5) is 2.00. The molecule has 5 nitrogen and oxygen atoms in total. The van der Waals surface area contributed by atoms with Crippen molar-refractivity contribution in [3.63, 3.8) is 0 Å². The summed E-state index contributed by atoms with van der Waals surface area (Å²) in [6.07, 6.45) is 4.28. The molecule has 2 aromatic carbocycles. The summed E-state index contributed by atoms with van der Waals surface area (Å²) in [6.45, 7) is 2.43. The Bertz CT molecular complexity index is 928. The Balaban J connectivity index is 1.62. The van der Waals surface area contributed by atoms with E-state index in [-0.39, 0.29) is 5.82 Å². The van der Waals surface area contributed by atoms with E-state index >= 15 is 0 Å². The van der Waals surface area contributed by atoms with Gasteiger partial charge in [-0.25, -0.2) is 4.39 Å². The summed E-state index contributed by atoms with van der Waals surface area (Å²) in [7, 11) is 0. The number of halogens is 1. The average molecular weight is 383 g/mol. The minimum Gasteiger partial charge on any atom is -0.486 e. The van der Waals surface area contributed by atoms with Crippen LogP contribution in [0.2, 0.25) is 0 Å². The van der Waals surface area contributed by atoms with Crippen LogP contribution >= 0.6 is 0 Å². The summed E-state index contributed by atoms with van der Waals surface area (Å²) in [5.74, 6) is 2.22. The molecule has 0 fully saturated rings. The molecule has 0 aromatic heterocycles. The molecule has 0 spiro atoms. The van der Waals surface area contributed by atoms with Crippen LogP contribution in [0.1, 0.15) is 31.2 Å². The highest BCUT2D eigenvalue weighted by Gasteiger charge is 2.54. The maximum absolute atomic E-state index is 13.5. The number of fused-ring (bicyclic) bond motifs is 1. The van der Waals surface area contributed by atoms with Crippen molar-refractivity contribution in [3.05, 3.63) is 53.8 Å². The minimum absolute atomic E-state index is 0.307. The Morgan fingerprint density at radius 3 is 2.57 bits per heavy atom. The maximum Gasteiger partial charge on any atom is 0.275 e. The lowest BCUT2D eigenvalue weighted by molar-refractivity contribution is -0.534. The van der Waals surface area contributed by atoms with E-state index in [2.05, 4.69) is 4.58 Å². The Kier molecular flexibility index (Phi) is 4.23. The summed E-state index contributed by atoms with van der Waals surface area (Å²) in [5, 5.41) is 11.9. The van der Waals surface area contributed by atoms with Gasteiger partial charge in [-0.2, -0.15) is 4.90 Å². The lowest BCUT2D eigenvalue weighted by Crippen LogP contribution is -2.47. The number of ether oxygens (including phenoxy) is 2.